The van der Waals surface area contributed by atoms with E-state index in [9.17, 15) is 14.3 Å². The van der Waals surface area contributed by atoms with Gasteiger partial charge in [-0.25, -0.2) is 24.3 Å². The number of hydrogen-bond donors (Lipinski definition) is 3. The standard InChI is InChI=1S/C23H23ClFN7O2/c24-15-10-27-21-18(28-15)14(9-26-21)20-30-19(13-5-7-32(8-6-25)22(13)31-20)29-17-12-3-1-11(2-4-12)16(17)23(33)34/h5,7,9-12,16-17H,1-4,6,8H2,(H,26,27)(H,33,34)(H,29,30,31). The van der Waals surface area contributed by atoms with Gasteiger partial charge < -0.3 is 20.0 Å². The van der Waals surface area contributed by atoms with E-state index in [-0.39, 0.29) is 29.6 Å². The first kappa shape index (κ1) is 21.3. The lowest BCUT2D eigenvalue weighted by Gasteiger charge is -2.47. The number of H-pyrrole nitrogens is 1. The Hall–Kier alpha value is -3.27. The largest absolute Gasteiger partial charge is 0.481 e. The number of hydrogen-bond acceptors (Lipinski definition) is 6. The van der Waals surface area contributed by atoms with Gasteiger partial charge in [0.05, 0.1) is 29.6 Å². The number of nitrogens with one attached hydrogen (secondary N) is 2. The highest BCUT2D eigenvalue weighted by Gasteiger charge is 2.47. The number of carboxylic acid groups (broad SMARTS) is 1. The van der Waals surface area contributed by atoms with Gasteiger partial charge in [-0.15, -0.1) is 0 Å². The Balaban J connectivity index is 1.49. The smallest absolute Gasteiger partial charge is 0.308 e. The number of aromatic nitrogens is 6. The fourth-order valence-electron chi connectivity index (χ4n) is 5.78. The Morgan fingerprint density at radius 3 is 2.79 bits per heavy atom. The van der Waals surface area contributed by atoms with Crippen LogP contribution in [0.2, 0.25) is 5.15 Å². The summed E-state index contributed by atoms with van der Waals surface area (Å²) >= 11 is 6.08. The molecule has 176 valence electrons. The lowest BCUT2D eigenvalue weighted by atomic mass is 9.61. The van der Waals surface area contributed by atoms with E-state index in [2.05, 4.69) is 20.3 Å². The van der Waals surface area contributed by atoms with Crippen molar-refractivity contribution >= 4 is 45.6 Å². The van der Waals surface area contributed by atoms with Crippen LogP contribution in [0.1, 0.15) is 25.7 Å². The van der Waals surface area contributed by atoms with Gasteiger partial charge in [0.15, 0.2) is 11.5 Å². The molecule has 2 atom stereocenters. The summed E-state index contributed by atoms with van der Waals surface area (Å²) in [7, 11) is 0. The molecule has 2 unspecified atom stereocenters. The number of alkyl halides is 1. The van der Waals surface area contributed by atoms with Gasteiger partial charge in [0, 0.05) is 18.4 Å². The molecule has 0 aromatic carbocycles. The summed E-state index contributed by atoms with van der Waals surface area (Å²) in [4.78, 5) is 33.4. The predicted octanol–water partition coefficient (Wildman–Crippen LogP) is 4.29. The van der Waals surface area contributed by atoms with Gasteiger partial charge in [0.2, 0.25) is 0 Å². The van der Waals surface area contributed by atoms with Gasteiger partial charge in [0.25, 0.3) is 0 Å². The number of aryl methyl sites for hydroxylation is 1. The van der Waals surface area contributed by atoms with Gasteiger partial charge in [-0.05, 0) is 43.6 Å². The van der Waals surface area contributed by atoms with Gasteiger partial charge in [-0.1, -0.05) is 11.6 Å². The molecule has 0 spiro atoms. The Kier molecular flexibility index (Phi) is 5.13. The monoisotopic (exact) mass is 483 g/mol. The topological polar surface area (TPSA) is 122 Å². The van der Waals surface area contributed by atoms with Crippen molar-refractivity contribution in [3.8, 4) is 11.4 Å². The van der Waals surface area contributed by atoms with E-state index in [4.69, 9.17) is 21.6 Å². The zero-order valence-electron chi connectivity index (χ0n) is 18.2. The van der Waals surface area contributed by atoms with Crippen LogP contribution in [-0.4, -0.2) is 53.3 Å². The molecule has 0 amide bonds. The third-order valence-electron chi connectivity index (χ3n) is 7.34. The zero-order valence-corrected chi connectivity index (χ0v) is 19.0. The van der Waals surface area contributed by atoms with E-state index in [1.165, 1.54) is 6.20 Å². The average Bonchev–Trinajstić information content (AvgIpc) is 3.44. The van der Waals surface area contributed by atoms with Crippen LogP contribution >= 0.6 is 11.6 Å². The van der Waals surface area contributed by atoms with E-state index in [1.54, 1.807) is 17.0 Å². The minimum Gasteiger partial charge on any atom is -0.481 e. The normalized spacial score (nSPS) is 24.2. The highest BCUT2D eigenvalue weighted by Crippen LogP contribution is 2.46. The molecule has 0 radical (unpaired) electrons. The molecule has 3 aliphatic carbocycles. The van der Waals surface area contributed by atoms with Crippen molar-refractivity contribution in [1.82, 2.24) is 29.5 Å². The fraction of sp³-hybridized carbons (Fsp3) is 0.435. The second-order valence-electron chi connectivity index (χ2n) is 9.13. The second kappa shape index (κ2) is 8.19. The summed E-state index contributed by atoms with van der Waals surface area (Å²) in [6.45, 7) is -0.377. The number of aliphatic carboxylic acids is 1. The lowest BCUT2D eigenvalue weighted by Crippen LogP contribution is -2.51. The van der Waals surface area contributed by atoms with Crippen LogP contribution in [0.25, 0.3) is 33.6 Å². The van der Waals surface area contributed by atoms with E-state index in [0.29, 0.717) is 34.0 Å². The van der Waals surface area contributed by atoms with Gasteiger partial charge in [-0.2, -0.15) is 0 Å². The number of rotatable bonds is 6. The first-order valence-electron chi connectivity index (χ1n) is 11.5. The van der Waals surface area contributed by atoms with Crippen LogP contribution in [0.15, 0.2) is 24.7 Å². The van der Waals surface area contributed by atoms with Gasteiger partial charge in [0.1, 0.15) is 28.8 Å². The Bertz CT molecular complexity index is 1390. The van der Waals surface area contributed by atoms with Crippen molar-refractivity contribution in [3.63, 3.8) is 0 Å². The van der Waals surface area contributed by atoms with Crippen LogP contribution in [0.3, 0.4) is 0 Å². The quantitative estimate of drug-likeness (QED) is 0.374. The molecular weight excluding hydrogens is 461 g/mol. The van der Waals surface area contributed by atoms with E-state index >= 15 is 0 Å². The number of aromatic amines is 1. The minimum atomic E-state index is -0.769. The maximum Gasteiger partial charge on any atom is 0.308 e. The van der Waals surface area contributed by atoms with Crippen LogP contribution in [0.4, 0.5) is 10.2 Å². The molecule has 0 saturated heterocycles. The van der Waals surface area contributed by atoms with Crippen molar-refractivity contribution < 1.29 is 14.3 Å². The summed E-state index contributed by atoms with van der Waals surface area (Å²) in [6.07, 6.45) is 8.87. The number of anilines is 1. The van der Waals surface area contributed by atoms with Crippen LogP contribution < -0.4 is 5.32 Å². The molecule has 4 heterocycles. The van der Waals surface area contributed by atoms with Gasteiger partial charge in [-0.3, -0.25) is 4.79 Å². The number of fused-ring (bicyclic) bond motifs is 5. The maximum absolute atomic E-state index is 13.2. The first-order valence-corrected chi connectivity index (χ1v) is 11.8. The summed E-state index contributed by atoms with van der Waals surface area (Å²) < 4.78 is 15.0. The van der Waals surface area contributed by atoms with Crippen LogP contribution in [0, 0.1) is 17.8 Å². The molecule has 9 nitrogen and oxygen atoms in total. The third kappa shape index (κ3) is 3.39. The second-order valence-corrected chi connectivity index (χ2v) is 9.52. The summed E-state index contributed by atoms with van der Waals surface area (Å²) in [5.41, 5.74) is 2.26. The van der Waals surface area contributed by atoms with Crippen molar-refractivity contribution in [1.29, 1.82) is 0 Å². The third-order valence-corrected chi connectivity index (χ3v) is 7.53. The van der Waals surface area contributed by atoms with Crippen molar-refractivity contribution in [2.75, 3.05) is 12.0 Å². The molecule has 34 heavy (non-hydrogen) atoms. The molecule has 4 aromatic rings. The molecule has 3 aliphatic rings. The molecule has 2 bridgehead atoms. The Labute approximate surface area is 198 Å². The van der Waals surface area contributed by atoms with E-state index in [1.807, 2.05) is 6.07 Å². The Morgan fingerprint density at radius 1 is 1.24 bits per heavy atom. The minimum absolute atomic E-state index is 0.158. The summed E-state index contributed by atoms with van der Waals surface area (Å²) in [5.74, 6) is 0.125. The lowest BCUT2D eigenvalue weighted by molar-refractivity contribution is -0.148. The summed E-state index contributed by atoms with van der Waals surface area (Å²) in [6, 6.07) is 1.62. The fourth-order valence-corrected chi connectivity index (χ4v) is 5.91. The van der Waals surface area contributed by atoms with Crippen molar-refractivity contribution in [3.05, 3.63) is 29.8 Å². The van der Waals surface area contributed by atoms with Crippen molar-refractivity contribution in [2.24, 2.45) is 17.8 Å². The molecule has 11 heteroatoms. The SMILES string of the molecule is O=C(O)C1C2CCC(CC2)C1Nc1nc(-c2c[nH]c3ncc(Cl)nc23)nc2c1ccn2CCF. The predicted molar refractivity (Wildman–Crippen MR) is 125 cm³/mol. The van der Waals surface area contributed by atoms with Crippen LogP contribution in [0.5, 0.6) is 0 Å². The maximum atomic E-state index is 13.2. The molecule has 7 rings (SSSR count). The average molecular weight is 484 g/mol. The number of carboxylic acids is 1. The summed E-state index contributed by atoms with van der Waals surface area (Å²) in [5, 5.41) is 14.5. The number of carbonyl (C=O) groups is 1. The number of nitrogens with zero attached hydrogens (tertiary/aromatic N) is 5. The van der Waals surface area contributed by atoms with E-state index < -0.39 is 18.6 Å². The van der Waals surface area contributed by atoms with E-state index in [0.717, 1.165) is 31.1 Å². The Morgan fingerprint density at radius 2 is 2.03 bits per heavy atom. The first-order chi connectivity index (χ1) is 16.5. The zero-order chi connectivity index (χ0) is 23.4. The molecule has 0 aliphatic heterocycles. The molecule has 3 saturated carbocycles. The molecule has 3 fully saturated rings. The van der Waals surface area contributed by atoms with Gasteiger partial charge >= 0.3 is 5.97 Å². The molecule has 3 N–H and O–H groups in total. The number of halogens is 2. The highest BCUT2D eigenvalue weighted by atomic mass is 35.5. The van der Waals surface area contributed by atoms with Crippen molar-refractivity contribution in [2.45, 2.75) is 38.3 Å². The van der Waals surface area contributed by atoms with Crippen LogP contribution in [-0.2, 0) is 11.3 Å². The molecule has 4 aromatic heterocycles. The highest BCUT2D eigenvalue weighted by molar-refractivity contribution is 6.29. The molecular formula is C23H23ClFN7O2.